The molecule has 0 spiro atoms. The van der Waals surface area contributed by atoms with Crippen LogP contribution in [0.25, 0.3) is 33.1 Å². The molecule has 1 N–H and O–H groups in total. The second kappa shape index (κ2) is 9.61. The smallest absolute Gasteiger partial charge is 0.159 e. The zero-order valence-corrected chi connectivity index (χ0v) is 24.8. The van der Waals surface area contributed by atoms with Crippen molar-refractivity contribution in [3.05, 3.63) is 161 Å². The molecule has 0 saturated carbocycles. The van der Waals surface area contributed by atoms with Crippen LogP contribution in [-0.2, 0) is 5.41 Å². The van der Waals surface area contributed by atoms with Crippen molar-refractivity contribution in [2.45, 2.75) is 24.9 Å². The van der Waals surface area contributed by atoms with Gasteiger partial charge in [0.25, 0.3) is 0 Å². The highest BCUT2D eigenvalue weighted by atomic mass is 16.3. The monoisotopic (exact) mass is 579 g/mol. The van der Waals surface area contributed by atoms with Gasteiger partial charge in [-0.3, -0.25) is 0 Å². The summed E-state index contributed by atoms with van der Waals surface area (Å²) in [6.07, 6.45) is 0.981. The Morgan fingerprint density at radius 2 is 1.47 bits per heavy atom. The Balaban J connectivity index is 1.49. The van der Waals surface area contributed by atoms with Crippen molar-refractivity contribution in [2.75, 3.05) is 10.2 Å². The third-order valence-electron chi connectivity index (χ3n) is 9.73. The van der Waals surface area contributed by atoms with E-state index in [1.165, 1.54) is 27.8 Å². The first kappa shape index (κ1) is 25.7. The Morgan fingerprint density at radius 3 is 2.29 bits per heavy atom. The molecule has 1 aliphatic heterocycles. The molecule has 0 radical (unpaired) electrons. The van der Waals surface area contributed by atoms with Gasteiger partial charge in [0.1, 0.15) is 11.7 Å². The number of hydrogen-bond acceptors (Lipinski definition) is 4. The van der Waals surface area contributed by atoms with Gasteiger partial charge in [0.05, 0.1) is 34.1 Å². The molecule has 0 fully saturated rings. The molecule has 0 bridgehead atoms. The van der Waals surface area contributed by atoms with Crippen LogP contribution in [0.4, 0.5) is 17.1 Å². The van der Waals surface area contributed by atoms with Crippen molar-refractivity contribution in [1.29, 1.82) is 5.26 Å². The highest BCUT2D eigenvalue weighted by Gasteiger charge is 2.48. The van der Waals surface area contributed by atoms with Gasteiger partial charge >= 0.3 is 0 Å². The van der Waals surface area contributed by atoms with Crippen molar-refractivity contribution >= 4 is 39.0 Å². The standard InChI is InChI=1S/C41H29N3O/c1-2-37-43-33-17-9-10-18-34(33)44(37)35-24-32-38(39-30-15-7-11-19-36(30)45-40(35)39)29-14-6-8-16-31(29)41(32,27-12-4-3-5-13-27)28-22-20-26(25-42)21-23-28/h3-24,37,43H,2H2,1H3. The molecule has 2 heterocycles. The Bertz CT molecular complexity index is 2310. The SMILES string of the molecule is CCC1Nc2ccccc2N1c1cc2c(c3c1oc1ccccc13)-c1ccccc1C2(c1ccccc1)c1ccc(C#N)cc1. The zero-order chi connectivity index (χ0) is 30.1. The van der Waals surface area contributed by atoms with Crippen molar-refractivity contribution in [1.82, 2.24) is 0 Å². The summed E-state index contributed by atoms with van der Waals surface area (Å²) >= 11 is 0. The normalized spacial score (nSPS) is 18.0. The van der Waals surface area contributed by atoms with Crippen molar-refractivity contribution in [2.24, 2.45) is 0 Å². The van der Waals surface area contributed by atoms with Gasteiger partial charge in [-0.2, -0.15) is 5.26 Å². The maximum Gasteiger partial charge on any atom is 0.159 e. The van der Waals surface area contributed by atoms with E-state index in [1.807, 2.05) is 18.2 Å². The van der Waals surface area contributed by atoms with Gasteiger partial charge in [-0.1, -0.05) is 104 Å². The van der Waals surface area contributed by atoms with Crippen molar-refractivity contribution < 1.29 is 4.42 Å². The zero-order valence-electron chi connectivity index (χ0n) is 24.8. The van der Waals surface area contributed by atoms with Crippen LogP contribution in [0.2, 0.25) is 0 Å². The number of fused-ring (bicyclic) bond motifs is 8. The van der Waals surface area contributed by atoms with Gasteiger partial charge in [-0.15, -0.1) is 0 Å². The fraction of sp³-hybridized carbons (Fsp3) is 0.0976. The van der Waals surface area contributed by atoms with Crippen molar-refractivity contribution in [3.63, 3.8) is 0 Å². The molecule has 45 heavy (non-hydrogen) atoms. The van der Waals surface area contributed by atoms with Gasteiger partial charge in [0, 0.05) is 10.8 Å². The van der Waals surface area contributed by atoms with E-state index < -0.39 is 5.41 Å². The third kappa shape index (κ3) is 3.41. The molecule has 2 atom stereocenters. The van der Waals surface area contributed by atoms with E-state index in [0.717, 1.165) is 51.0 Å². The van der Waals surface area contributed by atoms with E-state index in [0.29, 0.717) is 5.56 Å². The minimum Gasteiger partial charge on any atom is -0.454 e. The maximum absolute atomic E-state index is 9.70. The molecule has 6 aromatic carbocycles. The lowest BCUT2D eigenvalue weighted by molar-refractivity contribution is 0.660. The van der Waals surface area contributed by atoms with Gasteiger partial charge in [-0.05, 0) is 76.2 Å². The molecule has 4 nitrogen and oxygen atoms in total. The van der Waals surface area contributed by atoms with Gasteiger partial charge in [0.15, 0.2) is 5.58 Å². The topological polar surface area (TPSA) is 52.2 Å². The van der Waals surface area contributed by atoms with Crippen molar-refractivity contribution in [3.8, 4) is 17.2 Å². The lowest BCUT2D eigenvalue weighted by atomic mass is 9.67. The number of anilines is 3. The number of nitrogens with zero attached hydrogens (tertiary/aromatic N) is 2. The molecule has 214 valence electrons. The van der Waals surface area contributed by atoms with Crippen LogP contribution in [0.1, 0.15) is 41.2 Å². The molecular weight excluding hydrogens is 550 g/mol. The van der Waals surface area contributed by atoms with E-state index in [-0.39, 0.29) is 6.17 Å². The Kier molecular flexibility index (Phi) is 5.48. The highest BCUT2D eigenvalue weighted by Crippen LogP contribution is 2.61. The molecule has 0 amide bonds. The number of para-hydroxylation sites is 3. The van der Waals surface area contributed by atoms with E-state index in [1.54, 1.807) is 0 Å². The lowest BCUT2D eigenvalue weighted by Crippen LogP contribution is -2.32. The summed E-state index contributed by atoms with van der Waals surface area (Å²) in [5, 5.41) is 15.7. The number of nitriles is 1. The second-order valence-electron chi connectivity index (χ2n) is 11.9. The number of hydrogen-bond donors (Lipinski definition) is 1. The molecule has 1 aliphatic carbocycles. The molecule has 4 heteroatoms. The van der Waals surface area contributed by atoms with E-state index in [9.17, 15) is 5.26 Å². The fourth-order valence-corrected chi connectivity index (χ4v) is 7.88. The van der Waals surface area contributed by atoms with Crippen LogP contribution in [0.15, 0.2) is 138 Å². The summed E-state index contributed by atoms with van der Waals surface area (Å²) in [7, 11) is 0. The average Bonchev–Trinajstić information content (AvgIpc) is 3.77. The number of nitrogens with one attached hydrogen (secondary N) is 1. The van der Waals surface area contributed by atoms with E-state index in [4.69, 9.17) is 4.42 Å². The van der Waals surface area contributed by atoms with Crippen LogP contribution in [-0.4, -0.2) is 6.17 Å². The first-order valence-corrected chi connectivity index (χ1v) is 15.5. The lowest BCUT2D eigenvalue weighted by Gasteiger charge is -2.35. The fourth-order valence-electron chi connectivity index (χ4n) is 7.88. The Hall–Kier alpha value is -5.79. The Morgan fingerprint density at radius 1 is 0.756 bits per heavy atom. The largest absolute Gasteiger partial charge is 0.454 e. The molecular formula is C41H29N3O. The van der Waals surface area contributed by atoms with Gasteiger partial charge in [-0.25, -0.2) is 0 Å². The predicted octanol–water partition coefficient (Wildman–Crippen LogP) is 10.1. The first-order chi connectivity index (χ1) is 22.2. The number of rotatable bonds is 4. The quantitative estimate of drug-likeness (QED) is 0.225. The summed E-state index contributed by atoms with van der Waals surface area (Å²) in [5.74, 6) is 0. The third-order valence-corrected chi connectivity index (χ3v) is 9.73. The average molecular weight is 580 g/mol. The minimum atomic E-state index is -0.614. The van der Waals surface area contributed by atoms with Crippen LogP contribution >= 0.6 is 0 Å². The van der Waals surface area contributed by atoms with E-state index in [2.05, 4.69) is 138 Å². The molecule has 9 rings (SSSR count). The summed E-state index contributed by atoms with van der Waals surface area (Å²) in [4.78, 5) is 2.43. The molecule has 0 saturated heterocycles. The number of benzene rings is 6. The summed E-state index contributed by atoms with van der Waals surface area (Å²) < 4.78 is 6.85. The molecule has 2 aliphatic rings. The van der Waals surface area contributed by atoms with Crippen LogP contribution in [0, 0.1) is 11.3 Å². The van der Waals surface area contributed by atoms with E-state index >= 15 is 0 Å². The van der Waals surface area contributed by atoms with Gasteiger partial charge in [0.2, 0.25) is 0 Å². The van der Waals surface area contributed by atoms with Crippen LogP contribution in [0.5, 0.6) is 0 Å². The highest BCUT2D eigenvalue weighted by molar-refractivity contribution is 6.19. The maximum atomic E-state index is 9.70. The molecule has 1 aromatic heterocycles. The van der Waals surface area contributed by atoms with Crippen LogP contribution in [0.3, 0.4) is 0 Å². The molecule has 2 unspecified atom stereocenters. The number of furan rings is 1. The second-order valence-corrected chi connectivity index (χ2v) is 11.9. The van der Waals surface area contributed by atoms with Crippen LogP contribution < -0.4 is 10.2 Å². The Labute approximate surface area is 261 Å². The summed E-state index contributed by atoms with van der Waals surface area (Å²) in [6, 6.07) is 49.4. The summed E-state index contributed by atoms with van der Waals surface area (Å²) in [5.41, 5.74) is 12.3. The van der Waals surface area contributed by atoms with Gasteiger partial charge < -0.3 is 14.6 Å². The molecule has 7 aromatic rings. The first-order valence-electron chi connectivity index (χ1n) is 15.5. The predicted molar refractivity (Wildman–Crippen MR) is 182 cm³/mol. The summed E-state index contributed by atoms with van der Waals surface area (Å²) in [6.45, 7) is 2.22. The minimum absolute atomic E-state index is 0.0710.